The standard InChI is InChI=1S/C11H12N4OS/c1-7(16)13-9-10(12)14-15-11(9)17-8-5-3-2-4-6-8/h2-6H,1H3,(H,13,16)(H3,12,14,15). The second-order valence-corrected chi connectivity index (χ2v) is 4.48. The molecule has 4 N–H and O–H groups in total. The van der Waals surface area contributed by atoms with Gasteiger partial charge in [0.15, 0.2) is 0 Å². The zero-order valence-electron chi connectivity index (χ0n) is 9.23. The number of H-pyrrole nitrogens is 1. The van der Waals surface area contributed by atoms with Gasteiger partial charge in [-0.25, -0.2) is 0 Å². The summed E-state index contributed by atoms with van der Waals surface area (Å²) >= 11 is 1.44. The van der Waals surface area contributed by atoms with Crippen LogP contribution in [-0.4, -0.2) is 16.1 Å². The number of carbonyl (C=O) groups is 1. The lowest BCUT2D eigenvalue weighted by Gasteiger charge is -2.03. The maximum atomic E-state index is 11.1. The Morgan fingerprint density at radius 1 is 1.41 bits per heavy atom. The molecule has 2 rings (SSSR count). The van der Waals surface area contributed by atoms with E-state index < -0.39 is 0 Å². The molecule has 0 saturated carbocycles. The third kappa shape index (κ3) is 2.79. The molecule has 0 radical (unpaired) electrons. The van der Waals surface area contributed by atoms with Crippen LogP contribution >= 0.6 is 11.8 Å². The molecule has 6 heteroatoms. The van der Waals surface area contributed by atoms with Crippen molar-refractivity contribution in [2.75, 3.05) is 11.1 Å². The van der Waals surface area contributed by atoms with Gasteiger partial charge in [-0.2, -0.15) is 5.10 Å². The number of nitrogens with two attached hydrogens (primary N) is 1. The Morgan fingerprint density at radius 3 is 2.76 bits per heavy atom. The number of rotatable bonds is 3. The molecule has 0 saturated heterocycles. The van der Waals surface area contributed by atoms with Crippen molar-refractivity contribution in [3.05, 3.63) is 30.3 Å². The van der Waals surface area contributed by atoms with E-state index in [9.17, 15) is 4.79 Å². The Labute approximate surface area is 103 Å². The highest BCUT2D eigenvalue weighted by molar-refractivity contribution is 7.99. The van der Waals surface area contributed by atoms with Crippen molar-refractivity contribution in [3.8, 4) is 0 Å². The number of aromatic amines is 1. The number of hydrogen-bond acceptors (Lipinski definition) is 4. The van der Waals surface area contributed by atoms with Gasteiger partial charge in [0.05, 0.1) is 0 Å². The molecule has 1 aromatic carbocycles. The summed E-state index contributed by atoms with van der Waals surface area (Å²) in [4.78, 5) is 12.1. The number of benzene rings is 1. The van der Waals surface area contributed by atoms with Crippen molar-refractivity contribution in [1.29, 1.82) is 0 Å². The summed E-state index contributed by atoms with van der Waals surface area (Å²) in [7, 11) is 0. The molecule has 0 spiro atoms. The highest BCUT2D eigenvalue weighted by Crippen LogP contribution is 2.34. The van der Waals surface area contributed by atoms with Gasteiger partial charge in [0, 0.05) is 11.8 Å². The van der Waals surface area contributed by atoms with Gasteiger partial charge in [-0.3, -0.25) is 9.89 Å². The van der Waals surface area contributed by atoms with Crippen LogP contribution in [0.2, 0.25) is 0 Å². The van der Waals surface area contributed by atoms with Crippen LogP contribution in [0.4, 0.5) is 11.5 Å². The van der Waals surface area contributed by atoms with Crippen LogP contribution in [0.15, 0.2) is 40.3 Å². The van der Waals surface area contributed by atoms with Crippen LogP contribution in [0.1, 0.15) is 6.92 Å². The maximum Gasteiger partial charge on any atom is 0.221 e. The lowest BCUT2D eigenvalue weighted by molar-refractivity contribution is -0.114. The number of amides is 1. The molecule has 2 aromatic rings. The summed E-state index contributed by atoms with van der Waals surface area (Å²) in [5.74, 6) is 0.187. The van der Waals surface area contributed by atoms with Crippen LogP contribution in [0.25, 0.3) is 0 Å². The molecule has 0 unspecified atom stereocenters. The number of nitrogen functional groups attached to an aromatic ring is 1. The minimum absolute atomic E-state index is 0.173. The van der Waals surface area contributed by atoms with Gasteiger partial charge in [0.25, 0.3) is 0 Å². The number of carbonyl (C=O) groups excluding carboxylic acids is 1. The molecular formula is C11H12N4OS. The molecular weight excluding hydrogens is 236 g/mol. The average molecular weight is 248 g/mol. The summed E-state index contributed by atoms with van der Waals surface area (Å²) in [5, 5.41) is 10.0. The minimum atomic E-state index is -0.173. The van der Waals surface area contributed by atoms with Gasteiger partial charge in [0.1, 0.15) is 16.5 Å². The Morgan fingerprint density at radius 2 is 2.12 bits per heavy atom. The highest BCUT2D eigenvalue weighted by atomic mass is 32.2. The topological polar surface area (TPSA) is 83.8 Å². The summed E-state index contributed by atoms with van der Waals surface area (Å²) in [5.41, 5.74) is 6.23. The van der Waals surface area contributed by atoms with Crippen molar-refractivity contribution < 1.29 is 4.79 Å². The van der Waals surface area contributed by atoms with Crippen molar-refractivity contribution in [1.82, 2.24) is 10.2 Å². The fourth-order valence-corrected chi connectivity index (χ4v) is 2.18. The maximum absolute atomic E-state index is 11.1. The fraction of sp³-hybridized carbons (Fsp3) is 0.0909. The highest BCUT2D eigenvalue weighted by Gasteiger charge is 2.13. The quantitative estimate of drug-likeness (QED) is 0.776. The van der Waals surface area contributed by atoms with E-state index in [-0.39, 0.29) is 5.91 Å². The first-order valence-corrected chi connectivity index (χ1v) is 5.83. The molecule has 0 atom stereocenters. The third-order valence-corrected chi connectivity index (χ3v) is 3.02. The van der Waals surface area contributed by atoms with Crippen LogP contribution in [-0.2, 0) is 4.79 Å². The molecule has 0 fully saturated rings. The van der Waals surface area contributed by atoms with E-state index in [0.29, 0.717) is 16.5 Å². The van der Waals surface area contributed by atoms with E-state index in [1.165, 1.54) is 18.7 Å². The predicted octanol–water partition coefficient (Wildman–Crippen LogP) is 2.10. The zero-order chi connectivity index (χ0) is 12.3. The lowest BCUT2D eigenvalue weighted by Crippen LogP contribution is -2.07. The number of hydrogen-bond donors (Lipinski definition) is 3. The summed E-state index contributed by atoms with van der Waals surface area (Å²) in [6.07, 6.45) is 0. The number of nitrogens with zero attached hydrogens (tertiary/aromatic N) is 1. The Balaban J connectivity index is 2.24. The van der Waals surface area contributed by atoms with Gasteiger partial charge in [-0.1, -0.05) is 30.0 Å². The first-order valence-electron chi connectivity index (χ1n) is 5.01. The van der Waals surface area contributed by atoms with Crippen molar-refractivity contribution in [2.24, 2.45) is 0 Å². The summed E-state index contributed by atoms with van der Waals surface area (Å²) in [6, 6.07) is 9.75. The Kier molecular flexibility index (Phi) is 3.34. The van der Waals surface area contributed by atoms with Crippen LogP contribution in [0.3, 0.4) is 0 Å². The molecule has 1 amide bonds. The lowest BCUT2D eigenvalue weighted by atomic mass is 10.4. The molecule has 1 heterocycles. The van der Waals surface area contributed by atoms with E-state index in [2.05, 4.69) is 15.5 Å². The van der Waals surface area contributed by atoms with E-state index >= 15 is 0 Å². The molecule has 17 heavy (non-hydrogen) atoms. The largest absolute Gasteiger partial charge is 0.382 e. The monoisotopic (exact) mass is 248 g/mol. The molecule has 88 valence electrons. The van der Waals surface area contributed by atoms with Gasteiger partial charge >= 0.3 is 0 Å². The van der Waals surface area contributed by atoms with Crippen molar-refractivity contribution in [3.63, 3.8) is 0 Å². The fourth-order valence-electron chi connectivity index (χ4n) is 1.31. The van der Waals surface area contributed by atoms with Crippen LogP contribution in [0.5, 0.6) is 0 Å². The summed E-state index contributed by atoms with van der Waals surface area (Å²) in [6.45, 7) is 1.43. The van der Waals surface area contributed by atoms with Gasteiger partial charge in [-0.15, -0.1) is 0 Å². The smallest absolute Gasteiger partial charge is 0.221 e. The first kappa shape index (κ1) is 11.5. The Hall–Kier alpha value is -1.95. The minimum Gasteiger partial charge on any atom is -0.382 e. The van der Waals surface area contributed by atoms with E-state index in [0.717, 1.165) is 4.90 Å². The van der Waals surface area contributed by atoms with E-state index in [1.807, 2.05) is 30.3 Å². The SMILES string of the molecule is CC(=O)Nc1c(Sc2ccccc2)n[nH]c1N. The molecule has 0 aliphatic carbocycles. The number of nitrogens with one attached hydrogen (secondary N) is 2. The van der Waals surface area contributed by atoms with Gasteiger partial charge in [0.2, 0.25) is 5.91 Å². The second kappa shape index (κ2) is 4.92. The number of aromatic nitrogens is 2. The molecule has 1 aromatic heterocycles. The first-order chi connectivity index (χ1) is 8.16. The predicted molar refractivity (Wildman–Crippen MR) is 67.9 cm³/mol. The average Bonchev–Trinajstić information content (AvgIpc) is 2.62. The van der Waals surface area contributed by atoms with Crippen molar-refractivity contribution in [2.45, 2.75) is 16.8 Å². The molecule has 0 aliphatic rings. The van der Waals surface area contributed by atoms with Crippen molar-refractivity contribution >= 4 is 29.2 Å². The van der Waals surface area contributed by atoms with Crippen LogP contribution in [0, 0.1) is 0 Å². The second-order valence-electron chi connectivity index (χ2n) is 3.41. The molecule has 0 aliphatic heterocycles. The molecule has 5 nitrogen and oxygen atoms in total. The zero-order valence-corrected chi connectivity index (χ0v) is 10.0. The normalized spacial score (nSPS) is 10.2. The summed E-state index contributed by atoms with van der Waals surface area (Å²) < 4.78 is 0. The molecule has 0 bridgehead atoms. The van der Waals surface area contributed by atoms with Crippen LogP contribution < -0.4 is 11.1 Å². The van der Waals surface area contributed by atoms with Gasteiger partial charge in [-0.05, 0) is 12.1 Å². The third-order valence-electron chi connectivity index (χ3n) is 2.02. The van der Waals surface area contributed by atoms with Gasteiger partial charge < -0.3 is 11.1 Å². The Bertz CT molecular complexity index is 524. The number of anilines is 2. The van der Waals surface area contributed by atoms with E-state index in [1.54, 1.807) is 0 Å². The van der Waals surface area contributed by atoms with E-state index in [4.69, 9.17) is 5.73 Å².